The van der Waals surface area contributed by atoms with Gasteiger partial charge in [-0.05, 0) is 44.2 Å². The molecule has 1 saturated heterocycles. The van der Waals surface area contributed by atoms with E-state index >= 15 is 0 Å². The molecule has 0 radical (unpaired) electrons. The number of amides is 1. The molecule has 1 aromatic carbocycles. The zero-order chi connectivity index (χ0) is 20.3. The van der Waals surface area contributed by atoms with Crippen LogP contribution >= 0.6 is 0 Å². The second-order valence-electron chi connectivity index (χ2n) is 7.31. The Hall–Kier alpha value is -1.93. The monoisotopic (exact) mass is 408 g/mol. The minimum atomic E-state index is -3.54. The fraction of sp³-hybridized carbons (Fsp3) is 0.600. The van der Waals surface area contributed by atoms with Gasteiger partial charge in [-0.3, -0.25) is 9.59 Å². The van der Waals surface area contributed by atoms with Gasteiger partial charge in [0.25, 0.3) is 0 Å². The Balaban J connectivity index is 1.84. The first-order valence-corrected chi connectivity index (χ1v) is 11.5. The number of hydrogen-bond acceptors (Lipinski definition) is 5. The number of nitrogens with zero attached hydrogens (tertiary/aromatic N) is 2. The minimum absolute atomic E-state index is 0.0512. The van der Waals surface area contributed by atoms with Crippen molar-refractivity contribution in [3.63, 3.8) is 0 Å². The highest BCUT2D eigenvalue weighted by molar-refractivity contribution is 7.89. The molecule has 2 heterocycles. The Labute approximate surface area is 166 Å². The van der Waals surface area contributed by atoms with Crippen molar-refractivity contribution in [1.82, 2.24) is 9.21 Å². The minimum Gasteiger partial charge on any atom is -0.466 e. The number of benzene rings is 1. The lowest BCUT2D eigenvalue weighted by Crippen LogP contribution is -2.56. The number of fused-ring (bicyclic) bond motifs is 1. The van der Waals surface area contributed by atoms with E-state index in [0.29, 0.717) is 32.4 Å². The Bertz CT molecular complexity index is 839. The van der Waals surface area contributed by atoms with Gasteiger partial charge in [0.2, 0.25) is 15.9 Å². The van der Waals surface area contributed by atoms with Crippen molar-refractivity contribution >= 4 is 21.9 Å². The molecule has 0 bridgehead atoms. The fourth-order valence-corrected chi connectivity index (χ4v) is 5.23. The molecule has 1 fully saturated rings. The predicted molar refractivity (Wildman–Crippen MR) is 105 cm³/mol. The van der Waals surface area contributed by atoms with Gasteiger partial charge >= 0.3 is 5.97 Å². The third kappa shape index (κ3) is 4.22. The summed E-state index contributed by atoms with van der Waals surface area (Å²) >= 11 is 0. The average Bonchev–Trinajstić information content (AvgIpc) is 2.72. The molecule has 0 aromatic heterocycles. The number of carbonyl (C=O) groups is 2. The van der Waals surface area contributed by atoms with Crippen LogP contribution in [0, 0.1) is 5.92 Å². The van der Waals surface area contributed by atoms with Gasteiger partial charge in [0, 0.05) is 19.6 Å². The van der Waals surface area contributed by atoms with Gasteiger partial charge < -0.3 is 9.64 Å². The number of piperidine rings is 1. The Morgan fingerprint density at radius 3 is 2.57 bits per heavy atom. The smallest absolute Gasteiger partial charge is 0.310 e. The third-order valence-electron chi connectivity index (χ3n) is 5.57. The Kier molecular flexibility index (Phi) is 6.40. The molecule has 154 valence electrons. The lowest BCUT2D eigenvalue weighted by molar-refractivity contribution is -0.152. The van der Waals surface area contributed by atoms with E-state index in [9.17, 15) is 18.0 Å². The maximum atomic E-state index is 13.3. The van der Waals surface area contributed by atoms with Crippen LogP contribution in [0.1, 0.15) is 37.8 Å². The maximum Gasteiger partial charge on any atom is 0.310 e. The van der Waals surface area contributed by atoms with E-state index in [2.05, 4.69) is 0 Å². The first-order chi connectivity index (χ1) is 13.4. The molecule has 0 N–H and O–H groups in total. The molecule has 3 rings (SSSR count). The fourth-order valence-electron chi connectivity index (χ4n) is 4.01. The van der Waals surface area contributed by atoms with E-state index in [4.69, 9.17) is 4.74 Å². The number of esters is 1. The molecule has 0 aliphatic carbocycles. The predicted octanol–water partition coefficient (Wildman–Crippen LogP) is 1.56. The van der Waals surface area contributed by atoms with Crippen molar-refractivity contribution in [3.8, 4) is 0 Å². The molecular weight excluding hydrogens is 380 g/mol. The molecule has 1 amide bonds. The van der Waals surface area contributed by atoms with Crippen molar-refractivity contribution in [2.75, 3.05) is 25.4 Å². The second kappa shape index (κ2) is 8.61. The maximum absolute atomic E-state index is 13.3. The van der Waals surface area contributed by atoms with Crippen LogP contribution in [-0.2, 0) is 37.3 Å². The molecule has 2 aliphatic rings. The summed E-state index contributed by atoms with van der Waals surface area (Å²) in [6.45, 7) is 4.69. The van der Waals surface area contributed by atoms with Gasteiger partial charge in [-0.25, -0.2) is 8.42 Å². The molecule has 2 unspecified atom stereocenters. The molecule has 2 aliphatic heterocycles. The number of hydrogen-bond donors (Lipinski definition) is 0. The van der Waals surface area contributed by atoms with Gasteiger partial charge in [0.15, 0.2) is 0 Å². The van der Waals surface area contributed by atoms with Crippen LogP contribution in [0.25, 0.3) is 0 Å². The zero-order valence-electron chi connectivity index (χ0n) is 16.5. The van der Waals surface area contributed by atoms with Crippen molar-refractivity contribution < 1.29 is 22.7 Å². The molecular formula is C20H28N2O5S. The van der Waals surface area contributed by atoms with Gasteiger partial charge in [-0.15, -0.1) is 0 Å². The summed E-state index contributed by atoms with van der Waals surface area (Å²) in [6, 6.07) is 6.88. The normalized spacial score (nSPS) is 23.1. The van der Waals surface area contributed by atoms with Gasteiger partial charge in [-0.1, -0.05) is 24.3 Å². The van der Waals surface area contributed by atoms with Crippen LogP contribution in [0.3, 0.4) is 0 Å². The highest BCUT2D eigenvalue weighted by Gasteiger charge is 2.41. The van der Waals surface area contributed by atoms with Crippen LogP contribution in [0.15, 0.2) is 24.3 Å². The van der Waals surface area contributed by atoms with Gasteiger partial charge in [0.1, 0.15) is 6.04 Å². The number of carbonyl (C=O) groups excluding carboxylic acids is 2. The molecule has 8 heteroatoms. The summed E-state index contributed by atoms with van der Waals surface area (Å²) in [5.74, 6) is -0.901. The van der Waals surface area contributed by atoms with E-state index < -0.39 is 16.1 Å². The number of rotatable bonds is 5. The Morgan fingerprint density at radius 2 is 1.89 bits per heavy atom. The van der Waals surface area contributed by atoms with Crippen LogP contribution in [-0.4, -0.2) is 61.0 Å². The molecule has 0 saturated carbocycles. The first kappa shape index (κ1) is 20.8. The van der Waals surface area contributed by atoms with Crippen LogP contribution < -0.4 is 0 Å². The van der Waals surface area contributed by atoms with E-state index in [1.54, 1.807) is 18.7 Å². The van der Waals surface area contributed by atoms with E-state index in [1.165, 1.54) is 4.31 Å². The standard InChI is InChI=1S/C20H28N2O5S/c1-3-27-20(24)17-10-7-11-21(13-17)19(23)18-12-15-8-5-6-9-16(15)14-22(18)28(25,26)4-2/h5-6,8-9,17-18H,3-4,7,10-14H2,1-2H3. The number of likely N-dealkylation sites (tertiary alicyclic amines) is 1. The lowest BCUT2D eigenvalue weighted by atomic mass is 9.93. The van der Waals surface area contributed by atoms with Crippen molar-refractivity contribution in [2.45, 2.75) is 45.7 Å². The van der Waals surface area contributed by atoms with Crippen LogP contribution in [0.5, 0.6) is 0 Å². The summed E-state index contributed by atoms with van der Waals surface area (Å²) in [5, 5.41) is 0. The molecule has 7 nitrogen and oxygen atoms in total. The Morgan fingerprint density at radius 1 is 1.18 bits per heavy atom. The summed E-state index contributed by atoms with van der Waals surface area (Å²) in [5.41, 5.74) is 1.94. The van der Waals surface area contributed by atoms with Crippen molar-refractivity contribution in [2.24, 2.45) is 5.92 Å². The first-order valence-electron chi connectivity index (χ1n) is 9.89. The summed E-state index contributed by atoms with van der Waals surface area (Å²) in [4.78, 5) is 27.1. The van der Waals surface area contributed by atoms with Crippen LogP contribution in [0.2, 0.25) is 0 Å². The van der Waals surface area contributed by atoms with Crippen molar-refractivity contribution in [3.05, 3.63) is 35.4 Å². The van der Waals surface area contributed by atoms with Gasteiger partial charge in [0.05, 0.1) is 18.3 Å². The largest absolute Gasteiger partial charge is 0.466 e. The quantitative estimate of drug-likeness (QED) is 0.691. The summed E-state index contributed by atoms with van der Waals surface area (Å²) in [6.07, 6.45) is 1.75. The second-order valence-corrected chi connectivity index (χ2v) is 9.52. The number of sulfonamides is 1. The van der Waals surface area contributed by atoms with Crippen molar-refractivity contribution in [1.29, 1.82) is 0 Å². The third-order valence-corrected chi connectivity index (χ3v) is 7.39. The number of ether oxygens (including phenoxy) is 1. The van der Waals surface area contributed by atoms with E-state index in [1.807, 2.05) is 24.3 Å². The lowest BCUT2D eigenvalue weighted by Gasteiger charge is -2.39. The highest BCUT2D eigenvalue weighted by atomic mass is 32.2. The molecule has 2 atom stereocenters. The SMILES string of the molecule is CCOC(=O)C1CCCN(C(=O)C2Cc3ccccc3CN2S(=O)(=O)CC)C1. The molecule has 28 heavy (non-hydrogen) atoms. The van der Waals surface area contributed by atoms with E-state index in [0.717, 1.165) is 11.1 Å². The summed E-state index contributed by atoms with van der Waals surface area (Å²) < 4.78 is 31.9. The molecule has 1 aromatic rings. The highest BCUT2D eigenvalue weighted by Crippen LogP contribution is 2.28. The van der Waals surface area contributed by atoms with Crippen LogP contribution in [0.4, 0.5) is 0 Å². The zero-order valence-corrected chi connectivity index (χ0v) is 17.3. The van der Waals surface area contributed by atoms with E-state index in [-0.39, 0.29) is 36.6 Å². The molecule has 0 spiro atoms. The average molecular weight is 409 g/mol. The summed E-state index contributed by atoms with van der Waals surface area (Å²) in [7, 11) is -3.54. The topological polar surface area (TPSA) is 84.0 Å². The van der Waals surface area contributed by atoms with Gasteiger partial charge in [-0.2, -0.15) is 4.31 Å².